The zero-order valence-electron chi connectivity index (χ0n) is 10.6. The highest BCUT2D eigenvalue weighted by atomic mass is 19.1. The molecular weight excluding hydrogens is 231 g/mol. The molecule has 1 aromatic rings. The number of nitrogen functional groups attached to an aromatic ring is 1. The minimum Gasteiger partial charge on any atom is -0.493 e. The van der Waals surface area contributed by atoms with Crippen molar-refractivity contribution in [3.63, 3.8) is 0 Å². The standard InChI is InChI=1S/C14H21FN2O/c15-13-10-12(3-4-14(13)16)18-9-1-2-11-5-7-17-8-6-11/h3-4,10-11,17H,1-2,5-9,16H2. The summed E-state index contributed by atoms with van der Waals surface area (Å²) in [6.45, 7) is 2.91. The van der Waals surface area contributed by atoms with E-state index in [0.717, 1.165) is 25.4 Å². The molecule has 0 bridgehead atoms. The Balaban J connectivity index is 1.66. The normalized spacial score (nSPS) is 16.7. The van der Waals surface area contributed by atoms with E-state index < -0.39 is 5.82 Å². The molecule has 1 aliphatic rings. The van der Waals surface area contributed by atoms with Crippen LogP contribution in [0.2, 0.25) is 0 Å². The summed E-state index contributed by atoms with van der Waals surface area (Å²) in [5.41, 5.74) is 5.57. The van der Waals surface area contributed by atoms with Crippen LogP contribution < -0.4 is 15.8 Å². The Bertz CT molecular complexity index is 378. The van der Waals surface area contributed by atoms with Crippen molar-refractivity contribution in [2.24, 2.45) is 5.92 Å². The molecule has 1 fully saturated rings. The molecule has 1 saturated heterocycles. The SMILES string of the molecule is Nc1ccc(OCCCC2CCNCC2)cc1F. The van der Waals surface area contributed by atoms with Gasteiger partial charge >= 0.3 is 0 Å². The Kier molecular flexibility index (Phi) is 4.81. The summed E-state index contributed by atoms with van der Waals surface area (Å²) in [6, 6.07) is 4.60. The van der Waals surface area contributed by atoms with Crippen LogP contribution in [-0.4, -0.2) is 19.7 Å². The zero-order chi connectivity index (χ0) is 12.8. The maximum atomic E-state index is 13.2. The summed E-state index contributed by atoms with van der Waals surface area (Å²) in [6.07, 6.45) is 4.74. The number of piperidine rings is 1. The number of hydrogen-bond donors (Lipinski definition) is 2. The largest absolute Gasteiger partial charge is 0.493 e. The summed E-state index contributed by atoms with van der Waals surface area (Å²) >= 11 is 0. The predicted molar refractivity (Wildman–Crippen MR) is 71.1 cm³/mol. The fraction of sp³-hybridized carbons (Fsp3) is 0.571. The van der Waals surface area contributed by atoms with Crippen molar-refractivity contribution in [2.75, 3.05) is 25.4 Å². The number of nitrogens with two attached hydrogens (primary N) is 1. The minimum atomic E-state index is -0.411. The summed E-state index contributed by atoms with van der Waals surface area (Å²) in [5, 5.41) is 3.36. The first-order chi connectivity index (χ1) is 8.75. The highest BCUT2D eigenvalue weighted by molar-refractivity contribution is 5.43. The van der Waals surface area contributed by atoms with E-state index in [1.54, 1.807) is 6.07 Å². The molecule has 18 heavy (non-hydrogen) atoms. The third-order valence-electron chi connectivity index (χ3n) is 3.46. The number of ether oxygens (including phenoxy) is 1. The van der Waals surface area contributed by atoms with Gasteiger partial charge in [-0.15, -0.1) is 0 Å². The number of anilines is 1. The monoisotopic (exact) mass is 252 g/mol. The molecule has 0 spiro atoms. The molecule has 4 heteroatoms. The van der Waals surface area contributed by atoms with E-state index >= 15 is 0 Å². The smallest absolute Gasteiger partial charge is 0.149 e. The third-order valence-corrected chi connectivity index (χ3v) is 3.46. The maximum Gasteiger partial charge on any atom is 0.149 e. The van der Waals surface area contributed by atoms with Crippen LogP contribution in [0.5, 0.6) is 5.75 Å². The fourth-order valence-electron chi connectivity index (χ4n) is 2.33. The molecule has 1 heterocycles. The minimum absolute atomic E-state index is 0.164. The van der Waals surface area contributed by atoms with E-state index in [1.807, 2.05) is 0 Å². The van der Waals surface area contributed by atoms with Crippen molar-refractivity contribution < 1.29 is 9.13 Å². The van der Waals surface area contributed by atoms with Crippen LogP contribution in [0, 0.1) is 11.7 Å². The molecule has 3 nitrogen and oxygen atoms in total. The lowest BCUT2D eigenvalue weighted by Gasteiger charge is -2.22. The van der Waals surface area contributed by atoms with Gasteiger partial charge in [-0.3, -0.25) is 0 Å². The van der Waals surface area contributed by atoms with Crippen molar-refractivity contribution >= 4 is 5.69 Å². The summed E-state index contributed by atoms with van der Waals surface area (Å²) in [5.74, 6) is 0.968. The lowest BCUT2D eigenvalue weighted by Crippen LogP contribution is -2.27. The first-order valence-corrected chi connectivity index (χ1v) is 6.64. The molecule has 0 aliphatic carbocycles. The Morgan fingerprint density at radius 2 is 2.11 bits per heavy atom. The number of halogens is 1. The highest BCUT2D eigenvalue weighted by Crippen LogP contribution is 2.20. The van der Waals surface area contributed by atoms with Gasteiger partial charge in [-0.2, -0.15) is 0 Å². The van der Waals surface area contributed by atoms with Gasteiger partial charge in [0.2, 0.25) is 0 Å². The Labute approximate surface area is 108 Å². The van der Waals surface area contributed by atoms with Gasteiger partial charge in [0.15, 0.2) is 0 Å². The van der Waals surface area contributed by atoms with Crippen LogP contribution in [0.3, 0.4) is 0 Å². The molecule has 0 aromatic heterocycles. The zero-order valence-corrected chi connectivity index (χ0v) is 10.6. The van der Waals surface area contributed by atoms with E-state index in [1.165, 1.54) is 31.4 Å². The molecule has 0 radical (unpaired) electrons. The topological polar surface area (TPSA) is 47.3 Å². The second-order valence-corrected chi connectivity index (χ2v) is 4.87. The van der Waals surface area contributed by atoms with E-state index in [4.69, 9.17) is 10.5 Å². The lowest BCUT2D eigenvalue weighted by molar-refractivity contribution is 0.273. The molecule has 3 N–H and O–H groups in total. The molecule has 0 atom stereocenters. The van der Waals surface area contributed by atoms with Crippen LogP contribution in [0.25, 0.3) is 0 Å². The predicted octanol–water partition coefficient (Wildman–Crippen LogP) is 2.57. The first kappa shape index (κ1) is 13.1. The Morgan fingerprint density at radius 3 is 2.83 bits per heavy atom. The van der Waals surface area contributed by atoms with E-state index in [2.05, 4.69) is 5.32 Å². The number of nitrogens with one attached hydrogen (secondary N) is 1. The summed E-state index contributed by atoms with van der Waals surface area (Å²) in [7, 11) is 0. The molecule has 100 valence electrons. The van der Waals surface area contributed by atoms with Crippen LogP contribution in [0.1, 0.15) is 25.7 Å². The van der Waals surface area contributed by atoms with Crippen molar-refractivity contribution in [3.8, 4) is 5.75 Å². The molecule has 1 aliphatic heterocycles. The first-order valence-electron chi connectivity index (χ1n) is 6.64. The third kappa shape index (κ3) is 3.88. The number of hydrogen-bond acceptors (Lipinski definition) is 3. The van der Waals surface area contributed by atoms with E-state index in [0.29, 0.717) is 12.4 Å². The second kappa shape index (κ2) is 6.59. The van der Waals surface area contributed by atoms with Crippen LogP contribution in [0.15, 0.2) is 18.2 Å². The van der Waals surface area contributed by atoms with Crippen molar-refractivity contribution in [1.29, 1.82) is 0 Å². The lowest BCUT2D eigenvalue weighted by atomic mass is 9.93. The average molecular weight is 252 g/mol. The van der Waals surface area contributed by atoms with Gasteiger partial charge in [0.05, 0.1) is 12.3 Å². The molecule has 1 aromatic carbocycles. The van der Waals surface area contributed by atoms with Crippen molar-refractivity contribution in [1.82, 2.24) is 5.32 Å². The summed E-state index contributed by atoms with van der Waals surface area (Å²) < 4.78 is 18.7. The van der Waals surface area contributed by atoms with Crippen LogP contribution in [0.4, 0.5) is 10.1 Å². The van der Waals surface area contributed by atoms with Gasteiger partial charge in [0.1, 0.15) is 11.6 Å². The van der Waals surface area contributed by atoms with Crippen molar-refractivity contribution in [3.05, 3.63) is 24.0 Å². The van der Waals surface area contributed by atoms with E-state index in [-0.39, 0.29) is 5.69 Å². The molecule has 2 rings (SSSR count). The average Bonchev–Trinajstić information content (AvgIpc) is 2.40. The second-order valence-electron chi connectivity index (χ2n) is 4.87. The maximum absolute atomic E-state index is 13.2. The van der Waals surface area contributed by atoms with Gasteiger partial charge in [-0.1, -0.05) is 0 Å². The van der Waals surface area contributed by atoms with Gasteiger partial charge in [0.25, 0.3) is 0 Å². The fourth-order valence-corrected chi connectivity index (χ4v) is 2.33. The number of rotatable bonds is 5. The quantitative estimate of drug-likeness (QED) is 0.625. The van der Waals surface area contributed by atoms with Crippen LogP contribution >= 0.6 is 0 Å². The molecule has 0 unspecified atom stereocenters. The molecule has 0 amide bonds. The highest BCUT2D eigenvalue weighted by Gasteiger charge is 2.12. The van der Waals surface area contributed by atoms with Gasteiger partial charge in [-0.05, 0) is 56.8 Å². The Morgan fingerprint density at radius 1 is 1.33 bits per heavy atom. The number of benzene rings is 1. The molecule has 0 saturated carbocycles. The van der Waals surface area contributed by atoms with E-state index in [9.17, 15) is 4.39 Å². The molecular formula is C14H21FN2O. The van der Waals surface area contributed by atoms with Gasteiger partial charge < -0.3 is 15.8 Å². The Hall–Kier alpha value is -1.29. The summed E-state index contributed by atoms with van der Waals surface area (Å²) in [4.78, 5) is 0. The van der Waals surface area contributed by atoms with Gasteiger partial charge in [0, 0.05) is 6.07 Å². The van der Waals surface area contributed by atoms with Crippen molar-refractivity contribution in [2.45, 2.75) is 25.7 Å². The van der Waals surface area contributed by atoms with Gasteiger partial charge in [-0.25, -0.2) is 4.39 Å². The van der Waals surface area contributed by atoms with Crippen LogP contribution in [-0.2, 0) is 0 Å².